The molecule has 0 saturated carbocycles. The van der Waals surface area contributed by atoms with Crippen LogP contribution in [0.4, 0.5) is 0 Å². The van der Waals surface area contributed by atoms with E-state index in [0.29, 0.717) is 5.92 Å². The number of methoxy groups -OCH3 is 1. The first-order valence-corrected chi connectivity index (χ1v) is 10.8. The Morgan fingerprint density at radius 3 is 2.50 bits per heavy atom. The summed E-state index contributed by atoms with van der Waals surface area (Å²) in [6.45, 7) is 7.60. The maximum absolute atomic E-state index is 5.66. The Balaban J connectivity index is 1.63. The number of aryl methyl sites for hydroxylation is 1. The highest BCUT2D eigenvalue weighted by molar-refractivity contribution is 5.79. The number of aliphatic imine (C=N–C) groups is 1. The van der Waals surface area contributed by atoms with Crippen LogP contribution in [0.15, 0.2) is 53.5 Å². The third kappa shape index (κ3) is 5.54. The molecule has 2 N–H and O–H groups in total. The van der Waals surface area contributed by atoms with Crippen molar-refractivity contribution >= 4 is 5.96 Å². The Hall–Kier alpha value is -2.53. The summed E-state index contributed by atoms with van der Waals surface area (Å²) in [5.41, 5.74) is 3.99. The van der Waals surface area contributed by atoms with Crippen molar-refractivity contribution in [2.24, 2.45) is 4.99 Å². The monoisotopic (exact) mass is 409 g/mol. The van der Waals surface area contributed by atoms with Gasteiger partial charge in [0.15, 0.2) is 5.96 Å². The fraction of sp³-hybridized carbons (Fsp3) is 0.480. The lowest BCUT2D eigenvalue weighted by molar-refractivity contribution is 0.0513. The van der Waals surface area contributed by atoms with Crippen LogP contribution in [0.5, 0.6) is 5.75 Å². The zero-order valence-electron chi connectivity index (χ0n) is 18.7. The first-order chi connectivity index (χ1) is 14.6. The Kier molecular flexibility index (Phi) is 7.75. The van der Waals surface area contributed by atoms with Gasteiger partial charge in [0.25, 0.3) is 0 Å². The molecule has 0 radical (unpaired) electrons. The van der Waals surface area contributed by atoms with Crippen molar-refractivity contribution in [1.82, 2.24) is 10.6 Å². The van der Waals surface area contributed by atoms with Crippen molar-refractivity contribution in [3.63, 3.8) is 0 Å². The minimum absolute atomic E-state index is 0.0320. The number of nitrogens with zero attached hydrogens (tertiary/aromatic N) is 1. The maximum atomic E-state index is 5.66. The van der Waals surface area contributed by atoms with Crippen LogP contribution in [-0.2, 0) is 10.2 Å². The van der Waals surface area contributed by atoms with E-state index in [1.807, 2.05) is 19.2 Å². The molecule has 0 amide bonds. The number of nitrogens with one attached hydrogen (secondary N) is 2. The summed E-state index contributed by atoms with van der Waals surface area (Å²) in [6.07, 6.45) is 1.98. The smallest absolute Gasteiger partial charge is 0.191 e. The normalized spacial score (nSPS) is 17.3. The van der Waals surface area contributed by atoms with Gasteiger partial charge in [0, 0.05) is 38.8 Å². The minimum atomic E-state index is 0.0320. The first-order valence-electron chi connectivity index (χ1n) is 10.8. The van der Waals surface area contributed by atoms with Crippen LogP contribution in [0, 0.1) is 6.92 Å². The molecular weight excluding hydrogens is 374 g/mol. The Bertz CT molecular complexity index is 827. The van der Waals surface area contributed by atoms with Crippen LogP contribution >= 0.6 is 0 Å². The summed E-state index contributed by atoms with van der Waals surface area (Å²) < 4.78 is 11.0. The predicted molar refractivity (Wildman–Crippen MR) is 124 cm³/mol. The van der Waals surface area contributed by atoms with Crippen molar-refractivity contribution in [3.8, 4) is 5.75 Å². The molecule has 0 spiro atoms. The molecule has 1 unspecified atom stereocenters. The predicted octanol–water partition coefficient (Wildman–Crippen LogP) is 4.02. The molecule has 1 aliphatic heterocycles. The third-order valence-electron chi connectivity index (χ3n) is 6.16. The average molecular weight is 410 g/mol. The Morgan fingerprint density at radius 1 is 1.13 bits per heavy atom. The van der Waals surface area contributed by atoms with Gasteiger partial charge in [-0.05, 0) is 48.9 Å². The molecule has 1 saturated heterocycles. The molecule has 1 heterocycles. The van der Waals surface area contributed by atoms with E-state index >= 15 is 0 Å². The summed E-state index contributed by atoms with van der Waals surface area (Å²) in [7, 11) is 3.53. The van der Waals surface area contributed by atoms with Gasteiger partial charge < -0.3 is 20.1 Å². The lowest BCUT2D eigenvalue weighted by Crippen LogP contribution is -2.48. The molecule has 30 heavy (non-hydrogen) atoms. The Labute approximate surface area is 180 Å². The number of ether oxygens (including phenoxy) is 2. The van der Waals surface area contributed by atoms with Crippen LogP contribution in [-0.4, -0.2) is 46.4 Å². The molecule has 0 bridgehead atoms. The van der Waals surface area contributed by atoms with Gasteiger partial charge in [-0.1, -0.05) is 48.9 Å². The molecule has 3 rings (SSSR count). The highest BCUT2D eigenvalue weighted by Crippen LogP contribution is 2.35. The van der Waals surface area contributed by atoms with E-state index in [4.69, 9.17) is 9.47 Å². The number of benzene rings is 2. The summed E-state index contributed by atoms with van der Waals surface area (Å²) in [5.74, 6) is 2.13. The maximum Gasteiger partial charge on any atom is 0.191 e. The van der Waals surface area contributed by atoms with Crippen LogP contribution in [0.3, 0.4) is 0 Å². The SMILES string of the molecule is CN=C(NCC(C)c1cccc(C)c1)NCC1(c2ccc(OC)cc2)CCOCC1. The largest absolute Gasteiger partial charge is 0.497 e. The van der Waals surface area contributed by atoms with Crippen LogP contribution in [0.1, 0.15) is 42.4 Å². The lowest BCUT2D eigenvalue weighted by atomic mass is 9.74. The zero-order chi connectivity index (χ0) is 21.4. The van der Waals surface area contributed by atoms with Gasteiger partial charge in [0.05, 0.1) is 7.11 Å². The van der Waals surface area contributed by atoms with E-state index in [0.717, 1.165) is 50.9 Å². The van der Waals surface area contributed by atoms with Crippen LogP contribution in [0.2, 0.25) is 0 Å². The van der Waals surface area contributed by atoms with E-state index in [9.17, 15) is 0 Å². The second kappa shape index (κ2) is 10.5. The fourth-order valence-corrected chi connectivity index (χ4v) is 4.09. The van der Waals surface area contributed by atoms with Gasteiger partial charge in [-0.2, -0.15) is 0 Å². The number of hydrogen-bond donors (Lipinski definition) is 2. The summed E-state index contributed by atoms with van der Waals surface area (Å²) in [6, 6.07) is 17.2. The van der Waals surface area contributed by atoms with Gasteiger partial charge in [0.2, 0.25) is 0 Å². The van der Waals surface area contributed by atoms with Crippen molar-refractivity contribution < 1.29 is 9.47 Å². The minimum Gasteiger partial charge on any atom is -0.497 e. The van der Waals surface area contributed by atoms with E-state index in [-0.39, 0.29) is 5.41 Å². The zero-order valence-corrected chi connectivity index (χ0v) is 18.7. The number of guanidine groups is 1. The highest BCUT2D eigenvalue weighted by atomic mass is 16.5. The first kappa shape index (κ1) is 22.2. The third-order valence-corrected chi connectivity index (χ3v) is 6.16. The summed E-state index contributed by atoms with van der Waals surface area (Å²) in [4.78, 5) is 4.45. The quantitative estimate of drug-likeness (QED) is 0.536. The molecular formula is C25H35N3O2. The molecule has 1 fully saturated rings. The molecule has 162 valence electrons. The lowest BCUT2D eigenvalue weighted by Gasteiger charge is -2.38. The summed E-state index contributed by atoms with van der Waals surface area (Å²) >= 11 is 0. The molecule has 0 aromatic heterocycles. The number of hydrogen-bond acceptors (Lipinski definition) is 3. The Morgan fingerprint density at radius 2 is 1.87 bits per heavy atom. The van der Waals surface area contributed by atoms with Gasteiger partial charge in [0.1, 0.15) is 5.75 Å². The second-order valence-corrected chi connectivity index (χ2v) is 8.24. The molecule has 1 aliphatic rings. The summed E-state index contributed by atoms with van der Waals surface area (Å²) in [5, 5.41) is 7.08. The average Bonchev–Trinajstić information content (AvgIpc) is 2.79. The van der Waals surface area contributed by atoms with Gasteiger partial charge in [-0.25, -0.2) is 0 Å². The second-order valence-electron chi connectivity index (χ2n) is 8.24. The van der Waals surface area contributed by atoms with Crippen LogP contribution < -0.4 is 15.4 Å². The molecule has 2 aromatic rings. The molecule has 5 heteroatoms. The molecule has 1 atom stereocenters. The molecule has 2 aromatic carbocycles. The number of rotatable bonds is 7. The van der Waals surface area contributed by atoms with E-state index in [2.05, 4.69) is 65.9 Å². The van der Waals surface area contributed by atoms with E-state index in [1.54, 1.807) is 7.11 Å². The standard InChI is InChI=1S/C25H35N3O2/c1-19-6-5-7-21(16-19)20(2)17-27-24(26-3)28-18-25(12-14-30-15-13-25)22-8-10-23(29-4)11-9-22/h5-11,16,20H,12-15,17-18H2,1-4H3,(H2,26,27,28). The highest BCUT2D eigenvalue weighted by Gasteiger charge is 2.34. The van der Waals surface area contributed by atoms with E-state index in [1.165, 1.54) is 16.7 Å². The van der Waals surface area contributed by atoms with Gasteiger partial charge in [-0.15, -0.1) is 0 Å². The van der Waals surface area contributed by atoms with Gasteiger partial charge >= 0.3 is 0 Å². The topological polar surface area (TPSA) is 54.9 Å². The van der Waals surface area contributed by atoms with E-state index < -0.39 is 0 Å². The molecule has 5 nitrogen and oxygen atoms in total. The fourth-order valence-electron chi connectivity index (χ4n) is 4.09. The van der Waals surface area contributed by atoms with Crippen molar-refractivity contribution in [1.29, 1.82) is 0 Å². The van der Waals surface area contributed by atoms with Crippen molar-refractivity contribution in [3.05, 3.63) is 65.2 Å². The van der Waals surface area contributed by atoms with Crippen molar-refractivity contribution in [2.75, 3.05) is 40.5 Å². The van der Waals surface area contributed by atoms with Crippen LogP contribution in [0.25, 0.3) is 0 Å². The van der Waals surface area contributed by atoms with Crippen molar-refractivity contribution in [2.45, 2.75) is 38.0 Å². The molecule has 0 aliphatic carbocycles. The van der Waals surface area contributed by atoms with Gasteiger partial charge in [-0.3, -0.25) is 4.99 Å².